The summed E-state index contributed by atoms with van der Waals surface area (Å²) >= 11 is 0. The number of carbonyl (C=O) groups excluding carboxylic acids is 1. The van der Waals surface area contributed by atoms with E-state index in [9.17, 15) is 4.79 Å². The van der Waals surface area contributed by atoms with E-state index < -0.39 is 0 Å². The van der Waals surface area contributed by atoms with Crippen molar-refractivity contribution in [1.82, 2.24) is 24.9 Å². The van der Waals surface area contributed by atoms with Gasteiger partial charge in [0.2, 0.25) is 0 Å². The molecule has 1 saturated heterocycles. The average Bonchev–Trinajstić information content (AvgIpc) is 3.22. The van der Waals surface area contributed by atoms with Gasteiger partial charge in [-0.25, -0.2) is 0 Å². The van der Waals surface area contributed by atoms with Crippen molar-refractivity contribution in [2.75, 3.05) is 20.2 Å². The van der Waals surface area contributed by atoms with Gasteiger partial charge in [0.15, 0.2) is 5.69 Å². The molecule has 1 aliphatic heterocycles. The smallest absolute Gasteiger partial charge is 0.276 e. The third-order valence-electron chi connectivity index (χ3n) is 3.85. The number of likely N-dealkylation sites (tertiary alicyclic amines) is 1. The third-order valence-corrected chi connectivity index (χ3v) is 3.85. The maximum atomic E-state index is 12.3. The van der Waals surface area contributed by atoms with E-state index in [0.29, 0.717) is 25.3 Å². The second kappa shape index (κ2) is 6.65. The van der Waals surface area contributed by atoms with Gasteiger partial charge in [0, 0.05) is 45.1 Å². The first-order chi connectivity index (χ1) is 10.8. The van der Waals surface area contributed by atoms with Gasteiger partial charge in [0.25, 0.3) is 5.91 Å². The van der Waals surface area contributed by atoms with E-state index >= 15 is 0 Å². The summed E-state index contributed by atoms with van der Waals surface area (Å²) < 4.78 is 6.96. The Labute approximate surface area is 128 Å². The maximum absolute atomic E-state index is 12.3. The Kier molecular flexibility index (Phi) is 4.43. The Morgan fingerprint density at radius 3 is 3.09 bits per heavy atom. The van der Waals surface area contributed by atoms with Crippen LogP contribution >= 0.6 is 0 Å². The van der Waals surface area contributed by atoms with E-state index in [1.807, 2.05) is 18.2 Å². The minimum Gasteiger partial charge on any atom is -0.380 e. The molecule has 3 heterocycles. The number of methoxy groups -OCH3 is 1. The molecule has 7 heteroatoms. The first kappa shape index (κ1) is 14.6. The highest BCUT2D eigenvalue weighted by Crippen LogP contribution is 2.14. The number of aromatic nitrogens is 4. The first-order valence-electron chi connectivity index (χ1n) is 7.38. The zero-order chi connectivity index (χ0) is 15.4. The Hall–Kier alpha value is -2.28. The van der Waals surface area contributed by atoms with Gasteiger partial charge >= 0.3 is 0 Å². The van der Waals surface area contributed by atoms with E-state index in [-0.39, 0.29) is 12.0 Å². The van der Waals surface area contributed by atoms with E-state index in [2.05, 4.69) is 15.3 Å². The van der Waals surface area contributed by atoms with Crippen molar-refractivity contribution >= 4 is 5.91 Å². The van der Waals surface area contributed by atoms with Crippen molar-refractivity contribution in [2.24, 2.45) is 0 Å². The molecule has 22 heavy (non-hydrogen) atoms. The van der Waals surface area contributed by atoms with Crippen molar-refractivity contribution < 1.29 is 9.53 Å². The van der Waals surface area contributed by atoms with E-state index in [0.717, 1.165) is 18.5 Å². The lowest BCUT2D eigenvalue weighted by atomic mass is 10.3. The minimum atomic E-state index is -0.0800. The number of aryl methyl sites for hydroxylation is 2. The van der Waals surface area contributed by atoms with Gasteiger partial charge in [-0.05, 0) is 18.6 Å². The van der Waals surface area contributed by atoms with Crippen molar-refractivity contribution in [2.45, 2.75) is 25.5 Å². The fraction of sp³-hybridized carbons (Fsp3) is 0.467. The van der Waals surface area contributed by atoms with Crippen molar-refractivity contribution in [1.29, 1.82) is 0 Å². The molecule has 0 saturated carbocycles. The lowest BCUT2D eigenvalue weighted by molar-refractivity contribution is 0.0719. The largest absolute Gasteiger partial charge is 0.380 e. The van der Waals surface area contributed by atoms with Crippen LogP contribution in [0.3, 0.4) is 0 Å². The van der Waals surface area contributed by atoms with Crippen LogP contribution in [0, 0.1) is 0 Å². The topological polar surface area (TPSA) is 73.1 Å². The van der Waals surface area contributed by atoms with Gasteiger partial charge in [-0.3, -0.25) is 14.5 Å². The summed E-state index contributed by atoms with van der Waals surface area (Å²) in [5.74, 6) is -0.0800. The van der Waals surface area contributed by atoms with Crippen LogP contribution < -0.4 is 0 Å². The second-order valence-corrected chi connectivity index (χ2v) is 5.34. The predicted octanol–water partition coefficient (Wildman–Crippen LogP) is 0.777. The van der Waals surface area contributed by atoms with Crippen molar-refractivity contribution in [3.05, 3.63) is 42.0 Å². The number of hydrogen-bond acceptors (Lipinski definition) is 5. The summed E-state index contributed by atoms with van der Waals surface area (Å²) in [6, 6.07) is 5.81. The summed E-state index contributed by atoms with van der Waals surface area (Å²) in [6.45, 7) is 1.98. The van der Waals surface area contributed by atoms with E-state index in [1.54, 1.807) is 29.1 Å². The molecule has 1 unspecified atom stereocenters. The molecule has 0 bridgehead atoms. The van der Waals surface area contributed by atoms with Gasteiger partial charge in [-0.15, -0.1) is 5.10 Å². The third kappa shape index (κ3) is 3.30. The molecule has 0 N–H and O–H groups in total. The van der Waals surface area contributed by atoms with Crippen LogP contribution in [0.4, 0.5) is 0 Å². The number of rotatable bonds is 5. The van der Waals surface area contributed by atoms with Gasteiger partial charge in [0.1, 0.15) is 0 Å². The van der Waals surface area contributed by atoms with Crippen LogP contribution in [0.5, 0.6) is 0 Å². The number of hydrogen-bond donors (Lipinski definition) is 0. The number of ether oxygens (including phenoxy) is 1. The molecule has 0 spiro atoms. The lowest BCUT2D eigenvalue weighted by Crippen LogP contribution is -2.30. The molecule has 116 valence electrons. The summed E-state index contributed by atoms with van der Waals surface area (Å²) in [4.78, 5) is 18.4. The quantitative estimate of drug-likeness (QED) is 0.816. The monoisotopic (exact) mass is 301 g/mol. The van der Waals surface area contributed by atoms with Crippen molar-refractivity contribution in [3.8, 4) is 0 Å². The minimum absolute atomic E-state index is 0.0800. The van der Waals surface area contributed by atoms with Crippen LogP contribution in [0.1, 0.15) is 22.6 Å². The maximum Gasteiger partial charge on any atom is 0.276 e. The molecule has 7 nitrogen and oxygen atoms in total. The number of carbonyl (C=O) groups is 1. The molecular formula is C15H19N5O2. The summed E-state index contributed by atoms with van der Waals surface area (Å²) in [7, 11) is 1.67. The number of amides is 1. The zero-order valence-electron chi connectivity index (χ0n) is 12.6. The molecule has 0 aromatic carbocycles. The van der Waals surface area contributed by atoms with Crippen molar-refractivity contribution in [3.63, 3.8) is 0 Å². The molecule has 1 atom stereocenters. The van der Waals surface area contributed by atoms with Gasteiger partial charge in [-0.1, -0.05) is 11.3 Å². The first-order valence-corrected chi connectivity index (χ1v) is 7.38. The lowest BCUT2D eigenvalue weighted by Gasteiger charge is -2.13. The molecule has 1 amide bonds. The molecule has 3 rings (SSSR count). The molecule has 0 aliphatic carbocycles. The highest BCUT2D eigenvalue weighted by Gasteiger charge is 2.28. The van der Waals surface area contributed by atoms with Crippen LogP contribution in [0.2, 0.25) is 0 Å². The van der Waals surface area contributed by atoms with E-state index in [1.165, 1.54) is 0 Å². The Bertz CT molecular complexity index is 628. The van der Waals surface area contributed by atoms with Gasteiger partial charge in [-0.2, -0.15) is 0 Å². The molecule has 1 fully saturated rings. The number of nitrogens with zero attached hydrogens (tertiary/aromatic N) is 5. The molecule has 0 radical (unpaired) electrons. The fourth-order valence-electron chi connectivity index (χ4n) is 2.55. The highest BCUT2D eigenvalue weighted by atomic mass is 16.5. The molecule has 2 aromatic heterocycles. The normalized spacial score (nSPS) is 17.9. The molecule has 2 aromatic rings. The van der Waals surface area contributed by atoms with Gasteiger partial charge in [0.05, 0.1) is 12.3 Å². The number of pyridine rings is 1. The summed E-state index contributed by atoms with van der Waals surface area (Å²) in [5.41, 5.74) is 1.38. The molecular weight excluding hydrogens is 282 g/mol. The standard InChI is InChI=1S/C15H19N5O2/c1-22-13-6-8-19(10-13)15(21)14-11-20(18-17-14)9-5-12-4-2-3-7-16-12/h2-4,7,11,13H,5-6,8-10H2,1H3. The van der Waals surface area contributed by atoms with Crippen LogP contribution in [-0.4, -0.2) is 57.1 Å². The fourth-order valence-corrected chi connectivity index (χ4v) is 2.55. The predicted molar refractivity (Wildman–Crippen MR) is 79.3 cm³/mol. The van der Waals surface area contributed by atoms with Crippen LogP contribution in [0.25, 0.3) is 0 Å². The molecule has 1 aliphatic rings. The highest BCUT2D eigenvalue weighted by molar-refractivity contribution is 5.92. The zero-order valence-corrected chi connectivity index (χ0v) is 12.6. The summed E-state index contributed by atoms with van der Waals surface area (Å²) in [5, 5.41) is 8.01. The Morgan fingerprint density at radius 1 is 1.45 bits per heavy atom. The van der Waals surface area contributed by atoms with Gasteiger partial charge < -0.3 is 9.64 Å². The van der Waals surface area contributed by atoms with Crippen LogP contribution in [-0.2, 0) is 17.7 Å². The Balaban J connectivity index is 1.58. The van der Waals surface area contributed by atoms with Crippen LogP contribution in [0.15, 0.2) is 30.6 Å². The average molecular weight is 301 g/mol. The summed E-state index contributed by atoms with van der Waals surface area (Å²) in [6.07, 6.45) is 5.23. The van der Waals surface area contributed by atoms with E-state index in [4.69, 9.17) is 4.74 Å². The second-order valence-electron chi connectivity index (χ2n) is 5.34. The SMILES string of the molecule is COC1CCN(C(=O)c2cn(CCc3ccccn3)nn2)C1. The Morgan fingerprint density at radius 2 is 2.36 bits per heavy atom.